The van der Waals surface area contributed by atoms with Crippen LogP contribution in [0.3, 0.4) is 0 Å². The van der Waals surface area contributed by atoms with Crippen LogP contribution in [-0.4, -0.2) is 37.7 Å². The van der Waals surface area contributed by atoms with Crippen molar-refractivity contribution in [1.29, 1.82) is 0 Å². The highest BCUT2D eigenvalue weighted by atomic mass is 35.5. The van der Waals surface area contributed by atoms with Crippen molar-refractivity contribution in [1.82, 2.24) is 4.90 Å². The highest BCUT2D eigenvalue weighted by molar-refractivity contribution is 5.85. The maximum absolute atomic E-state index is 5.43. The van der Waals surface area contributed by atoms with E-state index in [9.17, 15) is 0 Å². The Kier molecular flexibility index (Phi) is 5.06. The van der Waals surface area contributed by atoms with Gasteiger partial charge in [-0.25, -0.2) is 0 Å². The Balaban J connectivity index is 0.000001000. The number of hydrogen-bond donors (Lipinski definition) is 0. The molecule has 11 heavy (non-hydrogen) atoms. The molecule has 68 valence electrons. The standard InChI is InChI=1S/C8H17NO.ClH/c1-7-6-8(9(2)3)4-5-10-7;/h7-8H,4-6H2,1-3H3;1H. The molecule has 1 heterocycles. The number of nitrogens with zero attached hydrogens (tertiary/aromatic N) is 1. The normalized spacial score (nSPS) is 31.6. The fourth-order valence-electron chi connectivity index (χ4n) is 1.44. The van der Waals surface area contributed by atoms with Crippen LogP contribution in [0.25, 0.3) is 0 Å². The third-order valence-electron chi connectivity index (χ3n) is 2.19. The van der Waals surface area contributed by atoms with Gasteiger partial charge in [0.15, 0.2) is 0 Å². The highest BCUT2D eigenvalue weighted by Crippen LogP contribution is 2.16. The number of halogens is 1. The van der Waals surface area contributed by atoms with Crippen molar-refractivity contribution in [2.75, 3.05) is 20.7 Å². The molecule has 2 nitrogen and oxygen atoms in total. The molecule has 1 fully saturated rings. The summed E-state index contributed by atoms with van der Waals surface area (Å²) in [6, 6.07) is 0.740. The van der Waals surface area contributed by atoms with Crippen molar-refractivity contribution in [2.24, 2.45) is 0 Å². The van der Waals surface area contributed by atoms with E-state index < -0.39 is 0 Å². The van der Waals surface area contributed by atoms with E-state index in [1.165, 1.54) is 12.8 Å². The summed E-state index contributed by atoms with van der Waals surface area (Å²) in [5.41, 5.74) is 0. The summed E-state index contributed by atoms with van der Waals surface area (Å²) in [6.07, 6.45) is 2.84. The van der Waals surface area contributed by atoms with Crippen molar-refractivity contribution in [2.45, 2.75) is 31.9 Å². The lowest BCUT2D eigenvalue weighted by Gasteiger charge is -2.31. The lowest BCUT2D eigenvalue weighted by molar-refractivity contribution is -0.00673. The minimum atomic E-state index is 0. The third kappa shape index (κ3) is 3.41. The van der Waals surface area contributed by atoms with Gasteiger partial charge in [0.1, 0.15) is 0 Å². The van der Waals surface area contributed by atoms with E-state index in [1.54, 1.807) is 0 Å². The number of rotatable bonds is 1. The molecule has 0 amide bonds. The Morgan fingerprint density at radius 2 is 2.00 bits per heavy atom. The molecule has 2 unspecified atom stereocenters. The molecule has 0 bridgehead atoms. The van der Waals surface area contributed by atoms with Crippen LogP contribution in [0.5, 0.6) is 0 Å². The predicted octanol–water partition coefficient (Wildman–Crippen LogP) is 1.54. The number of hydrogen-bond acceptors (Lipinski definition) is 2. The molecular weight excluding hydrogens is 162 g/mol. The van der Waals surface area contributed by atoms with Crippen LogP contribution in [0.2, 0.25) is 0 Å². The van der Waals surface area contributed by atoms with Gasteiger partial charge >= 0.3 is 0 Å². The summed E-state index contributed by atoms with van der Waals surface area (Å²) in [5.74, 6) is 0. The van der Waals surface area contributed by atoms with Crippen molar-refractivity contribution in [3.63, 3.8) is 0 Å². The SMILES string of the molecule is CC1CC(N(C)C)CCO1.Cl. The van der Waals surface area contributed by atoms with Gasteiger partial charge in [-0.1, -0.05) is 0 Å². The van der Waals surface area contributed by atoms with Gasteiger partial charge in [0, 0.05) is 12.6 Å². The van der Waals surface area contributed by atoms with Crippen LogP contribution in [0, 0.1) is 0 Å². The van der Waals surface area contributed by atoms with Gasteiger partial charge < -0.3 is 9.64 Å². The minimum absolute atomic E-state index is 0. The minimum Gasteiger partial charge on any atom is -0.378 e. The molecule has 0 aromatic rings. The van der Waals surface area contributed by atoms with E-state index in [1.807, 2.05) is 0 Å². The number of ether oxygens (including phenoxy) is 1. The first-order valence-corrected chi connectivity index (χ1v) is 3.98. The Labute approximate surface area is 75.3 Å². The molecule has 1 saturated heterocycles. The van der Waals surface area contributed by atoms with Crippen molar-refractivity contribution >= 4 is 12.4 Å². The van der Waals surface area contributed by atoms with Gasteiger partial charge in [0.25, 0.3) is 0 Å². The first-order valence-electron chi connectivity index (χ1n) is 3.98. The van der Waals surface area contributed by atoms with E-state index in [4.69, 9.17) is 4.74 Å². The van der Waals surface area contributed by atoms with Gasteiger partial charge in [-0.15, -0.1) is 12.4 Å². The zero-order valence-corrected chi connectivity index (χ0v) is 8.36. The Hall–Kier alpha value is 0.210. The maximum atomic E-state index is 5.43. The van der Waals surface area contributed by atoms with E-state index in [0.717, 1.165) is 12.6 Å². The monoisotopic (exact) mass is 179 g/mol. The van der Waals surface area contributed by atoms with Gasteiger partial charge in [-0.05, 0) is 33.9 Å². The largest absolute Gasteiger partial charge is 0.378 e. The molecule has 0 aliphatic carbocycles. The Bertz CT molecular complexity index is 108. The third-order valence-corrected chi connectivity index (χ3v) is 2.19. The molecule has 0 radical (unpaired) electrons. The van der Waals surface area contributed by atoms with E-state index in [2.05, 4.69) is 25.9 Å². The average molecular weight is 180 g/mol. The van der Waals surface area contributed by atoms with Crippen LogP contribution in [0.1, 0.15) is 19.8 Å². The second-order valence-corrected chi connectivity index (χ2v) is 3.32. The summed E-state index contributed by atoms with van der Waals surface area (Å²) in [4.78, 5) is 2.29. The van der Waals surface area contributed by atoms with Crippen LogP contribution >= 0.6 is 12.4 Å². The lowest BCUT2D eigenvalue weighted by Crippen LogP contribution is -2.37. The quantitative estimate of drug-likeness (QED) is 0.606. The molecule has 0 spiro atoms. The van der Waals surface area contributed by atoms with Crippen molar-refractivity contribution in [3.8, 4) is 0 Å². The smallest absolute Gasteiger partial charge is 0.0561 e. The van der Waals surface area contributed by atoms with Gasteiger partial charge in [-0.2, -0.15) is 0 Å². The molecule has 1 aliphatic heterocycles. The molecule has 2 atom stereocenters. The van der Waals surface area contributed by atoms with Crippen LogP contribution in [0.4, 0.5) is 0 Å². The van der Waals surface area contributed by atoms with Crippen LogP contribution in [-0.2, 0) is 4.74 Å². The molecule has 0 aromatic carbocycles. The fourth-order valence-corrected chi connectivity index (χ4v) is 1.44. The summed E-state index contributed by atoms with van der Waals surface area (Å²) in [5, 5.41) is 0. The molecule has 3 heteroatoms. The van der Waals surface area contributed by atoms with Gasteiger partial charge in [-0.3, -0.25) is 0 Å². The first kappa shape index (κ1) is 11.2. The summed E-state index contributed by atoms with van der Waals surface area (Å²) in [7, 11) is 4.28. The Morgan fingerprint density at radius 1 is 1.36 bits per heavy atom. The second-order valence-electron chi connectivity index (χ2n) is 3.32. The lowest BCUT2D eigenvalue weighted by atomic mass is 10.0. The summed E-state index contributed by atoms with van der Waals surface area (Å²) < 4.78 is 5.43. The summed E-state index contributed by atoms with van der Waals surface area (Å²) in [6.45, 7) is 3.08. The first-order chi connectivity index (χ1) is 4.70. The molecule has 0 N–H and O–H groups in total. The van der Waals surface area contributed by atoms with E-state index in [0.29, 0.717) is 6.10 Å². The Morgan fingerprint density at radius 3 is 2.36 bits per heavy atom. The topological polar surface area (TPSA) is 12.5 Å². The average Bonchev–Trinajstić information content (AvgIpc) is 1.88. The van der Waals surface area contributed by atoms with Crippen molar-refractivity contribution in [3.05, 3.63) is 0 Å². The molecular formula is C8H18ClNO. The molecule has 0 aromatic heterocycles. The van der Waals surface area contributed by atoms with Crippen molar-refractivity contribution < 1.29 is 4.74 Å². The van der Waals surface area contributed by atoms with E-state index in [-0.39, 0.29) is 12.4 Å². The zero-order chi connectivity index (χ0) is 7.56. The molecule has 0 saturated carbocycles. The van der Waals surface area contributed by atoms with Gasteiger partial charge in [0.05, 0.1) is 6.10 Å². The molecule has 1 aliphatic rings. The van der Waals surface area contributed by atoms with Crippen LogP contribution < -0.4 is 0 Å². The second kappa shape index (κ2) is 4.96. The van der Waals surface area contributed by atoms with Gasteiger partial charge in [0.2, 0.25) is 0 Å². The molecule has 1 rings (SSSR count). The fraction of sp³-hybridized carbons (Fsp3) is 1.00. The highest BCUT2D eigenvalue weighted by Gasteiger charge is 2.20. The van der Waals surface area contributed by atoms with E-state index >= 15 is 0 Å². The zero-order valence-electron chi connectivity index (χ0n) is 7.54. The predicted molar refractivity (Wildman–Crippen MR) is 49.4 cm³/mol. The maximum Gasteiger partial charge on any atom is 0.0561 e. The van der Waals surface area contributed by atoms with Crippen LogP contribution in [0.15, 0.2) is 0 Å². The summed E-state index contributed by atoms with van der Waals surface area (Å²) >= 11 is 0.